The van der Waals surface area contributed by atoms with E-state index in [2.05, 4.69) is 18.8 Å². The van der Waals surface area contributed by atoms with Gasteiger partial charge in [-0.05, 0) is 27.2 Å². The molecule has 0 unspecified atom stereocenters. The van der Waals surface area contributed by atoms with E-state index < -0.39 is 5.41 Å². The Hall–Kier alpha value is -0.970. The average molecular weight is 210 g/mol. The van der Waals surface area contributed by atoms with E-state index >= 15 is 0 Å². The normalized spacial score (nSPS) is 10.4. The maximum absolute atomic E-state index is 11.5. The quantitative estimate of drug-likeness (QED) is 0.396. The molecule has 2 nitrogen and oxygen atoms in total. The summed E-state index contributed by atoms with van der Waals surface area (Å²) in [5.41, 5.74) is -0.477. The summed E-state index contributed by atoms with van der Waals surface area (Å²) in [7, 11) is 0. The highest BCUT2D eigenvalue weighted by atomic mass is 16.5. The van der Waals surface area contributed by atoms with E-state index in [0.29, 0.717) is 13.0 Å². The van der Waals surface area contributed by atoms with E-state index in [0.717, 1.165) is 19.3 Å². The van der Waals surface area contributed by atoms with Crippen LogP contribution in [0, 0.1) is 17.3 Å². The molecule has 15 heavy (non-hydrogen) atoms. The van der Waals surface area contributed by atoms with Gasteiger partial charge in [-0.1, -0.05) is 13.3 Å². The van der Waals surface area contributed by atoms with Crippen LogP contribution >= 0.6 is 0 Å². The van der Waals surface area contributed by atoms with Gasteiger partial charge in [0, 0.05) is 12.8 Å². The number of ether oxygens (including phenoxy) is 1. The van der Waals surface area contributed by atoms with Gasteiger partial charge in [0.2, 0.25) is 0 Å². The number of hydrogen-bond acceptors (Lipinski definition) is 2. The fourth-order valence-corrected chi connectivity index (χ4v) is 1.04. The molecule has 0 aromatic heterocycles. The van der Waals surface area contributed by atoms with Gasteiger partial charge in [-0.15, -0.1) is 11.8 Å². The molecule has 0 aromatic carbocycles. The molecule has 0 radical (unpaired) electrons. The summed E-state index contributed by atoms with van der Waals surface area (Å²) in [4.78, 5) is 11.5. The minimum absolute atomic E-state index is 0.158. The van der Waals surface area contributed by atoms with E-state index in [4.69, 9.17) is 4.74 Å². The Kier molecular flexibility index (Phi) is 6.86. The van der Waals surface area contributed by atoms with E-state index in [1.807, 2.05) is 20.8 Å². The summed E-state index contributed by atoms with van der Waals surface area (Å²) < 4.78 is 4.98. The fraction of sp³-hybridized carbons (Fsp3) is 0.769. The molecule has 0 saturated heterocycles. The second-order valence-electron chi connectivity index (χ2n) is 4.24. The van der Waals surface area contributed by atoms with Crippen molar-refractivity contribution in [3.8, 4) is 11.8 Å². The molecule has 0 bridgehead atoms. The van der Waals surface area contributed by atoms with Crippen molar-refractivity contribution in [1.29, 1.82) is 0 Å². The maximum atomic E-state index is 11.5. The van der Waals surface area contributed by atoms with Gasteiger partial charge in [0.25, 0.3) is 0 Å². The second-order valence-corrected chi connectivity index (χ2v) is 4.24. The highest BCUT2D eigenvalue weighted by Gasteiger charge is 2.27. The van der Waals surface area contributed by atoms with Gasteiger partial charge in [-0.25, -0.2) is 0 Å². The van der Waals surface area contributed by atoms with Crippen LogP contribution in [0.25, 0.3) is 0 Å². The standard InChI is InChI=1S/C13H22O2/c1-5-7-8-9-10-11-13(3,4)12(14)15-6-2/h5-8,11H2,1-4H3. The molecule has 0 amide bonds. The summed E-state index contributed by atoms with van der Waals surface area (Å²) in [6, 6.07) is 0. The monoisotopic (exact) mass is 210 g/mol. The van der Waals surface area contributed by atoms with Gasteiger partial charge in [0.05, 0.1) is 12.0 Å². The lowest BCUT2D eigenvalue weighted by molar-refractivity contribution is -0.153. The van der Waals surface area contributed by atoms with Gasteiger partial charge >= 0.3 is 5.97 Å². The Balaban J connectivity index is 4.00. The minimum atomic E-state index is -0.477. The lowest BCUT2D eigenvalue weighted by Gasteiger charge is -2.18. The van der Waals surface area contributed by atoms with Crippen LogP contribution in [0.1, 0.15) is 53.4 Å². The van der Waals surface area contributed by atoms with Crippen molar-refractivity contribution in [1.82, 2.24) is 0 Å². The van der Waals surface area contributed by atoms with Gasteiger partial charge in [0.1, 0.15) is 0 Å². The summed E-state index contributed by atoms with van der Waals surface area (Å²) in [5, 5.41) is 0. The number of carbonyl (C=O) groups is 1. The molecular formula is C13H22O2. The van der Waals surface area contributed by atoms with Crippen molar-refractivity contribution in [2.75, 3.05) is 6.61 Å². The number of rotatable bonds is 5. The predicted octanol–water partition coefficient (Wildman–Crippen LogP) is 3.16. The third-order valence-electron chi connectivity index (χ3n) is 2.14. The van der Waals surface area contributed by atoms with Gasteiger partial charge in [-0.2, -0.15) is 0 Å². The third kappa shape index (κ3) is 6.17. The van der Waals surface area contributed by atoms with Crippen molar-refractivity contribution < 1.29 is 9.53 Å². The molecule has 0 N–H and O–H groups in total. The number of carbonyl (C=O) groups excluding carboxylic acids is 1. The highest BCUT2D eigenvalue weighted by molar-refractivity contribution is 5.76. The van der Waals surface area contributed by atoms with Crippen LogP contribution in [0.2, 0.25) is 0 Å². The smallest absolute Gasteiger partial charge is 0.312 e. The largest absolute Gasteiger partial charge is 0.466 e. The maximum Gasteiger partial charge on any atom is 0.312 e. The zero-order chi connectivity index (χ0) is 11.7. The predicted molar refractivity (Wildman–Crippen MR) is 62.3 cm³/mol. The third-order valence-corrected chi connectivity index (χ3v) is 2.14. The number of hydrogen-bond donors (Lipinski definition) is 0. The van der Waals surface area contributed by atoms with Crippen LogP contribution in [0.3, 0.4) is 0 Å². The molecule has 2 heteroatoms. The van der Waals surface area contributed by atoms with Crippen molar-refractivity contribution >= 4 is 5.97 Å². The molecule has 0 aromatic rings. The number of unbranched alkanes of at least 4 members (excludes halogenated alkanes) is 2. The lowest BCUT2D eigenvalue weighted by Crippen LogP contribution is -2.26. The first kappa shape index (κ1) is 14.0. The fourth-order valence-electron chi connectivity index (χ4n) is 1.04. The summed E-state index contributed by atoms with van der Waals surface area (Å²) >= 11 is 0. The zero-order valence-electron chi connectivity index (χ0n) is 10.4. The van der Waals surface area contributed by atoms with Gasteiger partial charge in [0.15, 0.2) is 0 Å². The molecule has 0 heterocycles. The lowest BCUT2D eigenvalue weighted by atomic mass is 9.90. The first-order valence-corrected chi connectivity index (χ1v) is 5.67. The molecule has 86 valence electrons. The molecular weight excluding hydrogens is 188 g/mol. The SMILES string of the molecule is CCCCC#CCC(C)(C)C(=O)OCC. The number of esters is 1. The zero-order valence-corrected chi connectivity index (χ0v) is 10.4. The molecule has 0 aliphatic rings. The van der Waals surface area contributed by atoms with E-state index in [9.17, 15) is 4.79 Å². The van der Waals surface area contributed by atoms with Crippen LogP contribution < -0.4 is 0 Å². The van der Waals surface area contributed by atoms with E-state index in [1.54, 1.807) is 0 Å². The van der Waals surface area contributed by atoms with Gasteiger partial charge < -0.3 is 4.74 Å². The summed E-state index contributed by atoms with van der Waals surface area (Å²) in [6.45, 7) is 8.15. The van der Waals surface area contributed by atoms with Crippen molar-refractivity contribution in [3.63, 3.8) is 0 Å². The van der Waals surface area contributed by atoms with Crippen LogP contribution in [-0.4, -0.2) is 12.6 Å². The average Bonchev–Trinajstić information content (AvgIpc) is 2.18. The second kappa shape index (κ2) is 7.34. The first-order valence-electron chi connectivity index (χ1n) is 5.67. The van der Waals surface area contributed by atoms with Crippen LogP contribution in [-0.2, 0) is 9.53 Å². The summed E-state index contributed by atoms with van der Waals surface area (Å²) in [6.07, 6.45) is 3.80. The van der Waals surface area contributed by atoms with Crippen molar-refractivity contribution in [2.24, 2.45) is 5.41 Å². The topological polar surface area (TPSA) is 26.3 Å². The molecule has 0 aliphatic carbocycles. The van der Waals surface area contributed by atoms with E-state index in [-0.39, 0.29) is 5.97 Å². The molecule has 0 rings (SSSR count). The van der Waals surface area contributed by atoms with Crippen LogP contribution in [0.15, 0.2) is 0 Å². The highest BCUT2D eigenvalue weighted by Crippen LogP contribution is 2.21. The van der Waals surface area contributed by atoms with Crippen molar-refractivity contribution in [2.45, 2.75) is 53.4 Å². The Labute approximate surface area is 93.4 Å². The van der Waals surface area contributed by atoms with Crippen molar-refractivity contribution in [3.05, 3.63) is 0 Å². The molecule has 0 atom stereocenters. The minimum Gasteiger partial charge on any atom is -0.466 e. The van der Waals surface area contributed by atoms with Crippen LogP contribution in [0.4, 0.5) is 0 Å². The molecule has 0 fully saturated rings. The summed E-state index contributed by atoms with van der Waals surface area (Å²) in [5.74, 6) is 5.97. The molecule has 0 saturated carbocycles. The molecule has 0 spiro atoms. The molecule has 0 aliphatic heterocycles. The Morgan fingerprint density at radius 3 is 2.47 bits per heavy atom. The van der Waals surface area contributed by atoms with E-state index in [1.165, 1.54) is 0 Å². The Bertz CT molecular complexity index is 243. The Morgan fingerprint density at radius 2 is 1.93 bits per heavy atom. The Morgan fingerprint density at radius 1 is 1.27 bits per heavy atom. The van der Waals surface area contributed by atoms with Crippen LogP contribution in [0.5, 0.6) is 0 Å². The van der Waals surface area contributed by atoms with Gasteiger partial charge in [-0.3, -0.25) is 4.79 Å². The first-order chi connectivity index (χ1) is 7.04.